The van der Waals surface area contributed by atoms with Gasteiger partial charge in [0.25, 0.3) is 5.91 Å². The number of nitrogens with one attached hydrogen (secondary N) is 1. The van der Waals surface area contributed by atoms with Crippen molar-refractivity contribution in [2.24, 2.45) is 0 Å². The number of hydrogen-bond acceptors (Lipinski definition) is 5. The lowest BCUT2D eigenvalue weighted by atomic mass is 9.93. The van der Waals surface area contributed by atoms with Gasteiger partial charge in [0, 0.05) is 40.0 Å². The fraction of sp³-hybridized carbons (Fsp3) is 0.179. The minimum absolute atomic E-state index is 0.00315. The molecule has 6 rings (SSSR count). The van der Waals surface area contributed by atoms with Crippen LogP contribution in [0.2, 0.25) is 5.15 Å². The van der Waals surface area contributed by atoms with Crippen LogP contribution in [0.15, 0.2) is 60.7 Å². The van der Waals surface area contributed by atoms with Gasteiger partial charge >= 0.3 is 0 Å². The minimum Gasteiger partial charge on any atom is -0.331 e. The first-order chi connectivity index (χ1) is 18.6. The number of fused-ring (bicyclic) bond motifs is 2. The molecule has 0 saturated heterocycles. The van der Waals surface area contributed by atoms with Crippen LogP contribution in [0.1, 0.15) is 40.9 Å². The van der Waals surface area contributed by atoms with Crippen LogP contribution in [0, 0.1) is 11.6 Å². The Balaban J connectivity index is 1.64. The van der Waals surface area contributed by atoms with E-state index in [1.54, 1.807) is 30.4 Å². The zero-order valence-corrected chi connectivity index (χ0v) is 21.8. The van der Waals surface area contributed by atoms with E-state index in [1.807, 2.05) is 12.1 Å². The first kappa shape index (κ1) is 25.4. The molecule has 4 aromatic rings. The molecule has 0 radical (unpaired) electrons. The molecule has 2 aliphatic rings. The molecule has 11 heteroatoms. The van der Waals surface area contributed by atoms with E-state index in [0.717, 1.165) is 11.5 Å². The highest BCUT2D eigenvalue weighted by molar-refractivity contribution is 7.91. The number of nitrogens with zero attached hydrogens (tertiary/aromatic N) is 2. The Hall–Kier alpha value is -3.89. The number of rotatable bonds is 6. The number of aromatic nitrogens is 2. The maximum Gasteiger partial charge on any atom is 0.282 e. The van der Waals surface area contributed by atoms with Crippen LogP contribution in [0.4, 0.5) is 8.78 Å². The highest BCUT2D eigenvalue weighted by atomic mass is 35.5. The fourth-order valence-corrected chi connectivity index (χ4v) is 6.36. The molecule has 39 heavy (non-hydrogen) atoms. The number of sulfonamides is 1. The first-order valence-corrected chi connectivity index (χ1v) is 14.1. The van der Waals surface area contributed by atoms with Gasteiger partial charge in [0.05, 0.1) is 22.8 Å². The normalized spacial score (nSPS) is 15.7. The van der Waals surface area contributed by atoms with Gasteiger partial charge in [-0.15, -0.1) is 0 Å². The summed E-state index contributed by atoms with van der Waals surface area (Å²) in [5.74, 6) is -3.36. The van der Waals surface area contributed by atoms with E-state index in [0.29, 0.717) is 30.0 Å². The molecule has 7 nitrogen and oxygen atoms in total. The lowest BCUT2D eigenvalue weighted by Gasteiger charge is -2.15. The van der Waals surface area contributed by atoms with Crippen molar-refractivity contribution in [3.8, 4) is 0 Å². The summed E-state index contributed by atoms with van der Waals surface area (Å²) in [7, 11) is -4.02. The van der Waals surface area contributed by atoms with E-state index in [4.69, 9.17) is 11.6 Å². The summed E-state index contributed by atoms with van der Waals surface area (Å²) in [5.41, 5.74) is 0.626. The minimum atomic E-state index is -4.02. The molecule has 1 saturated carbocycles. The Labute approximate surface area is 226 Å². The molecule has 0 aliphatic heterocycles. The van der Waals surface area contributed by atoms with Crippen molar-refractivity contribution in [3.63, 3.8) is 0 Å². The summed E-state index contributed by atoms with van der Waals surface area (Å²) in [6, 6.07) is 10.6. The summed E-state index contributed by atoms with van der Waals surface area (Å²) < 4.78 is 58.9. The van der Waals surface area contributed by atoms with Gasteiger partial charge in [0.15, 0.2) is 5.78 Å². The van der Waals surface area contributed by atoms with Crippen molar-refractivity contribution >= 4 is 60.7 Å². The number of allylic oxidation sites excluding steroid dienone is 4. The van der Waals surface area contributed by atoms with Crippen LogP contribution in [-0.2, 0) is 21.4 Å². The van der Waals surface area contributed by atoms with Gasteiger partial charge in [-0.2, -0.15) is 0 Å². The molecular weight excluding hydrogens is 548 g/mol. The van der Waals surface area contributed by atoms with Gasteiger partial charge < -0.3 is 4.57 Å². The highest BCUT2D eigenvalue weighted by Crippen LogP contribution is 2.38. The molecule has 0 spiro atoms. The van der Waals surface area contributed by atoms with Crippen molar-refractivity contribution in [2.45, 2.75) is 31.1 Å². The fourth-order valence-electron chi connectivity index (χ4n) is 4.88. The molecule has 0 unspecified atom stereocenters. The molecule has 2 aromatic heterocycles. The summed E-state index contributed by atoms with van der Waals surface area (Å²) in [6.07, 6.45) is 5.46. The Morgan fingerprint density at radius 1 is 1.15 bits per heavy atom. The zero-order valence-electron chi connectivity index (χ0n) is 20.2. The van der Waals surface area contributed by atoms with Crippen LogP contribution in [0.5, 0.6) is 0 Å². The molecule has 2 heterocycles. The summed E-state index contributed by atoms with van der Waals surface area (Å²) in [4.78, 5) is 31.1. The third-order valence-electron chi connectivity index (χ3n) is 6.85. The Bertz CT molecular complexity index is 1890. The Morgan fingerprint density at radius 2 is 1.92 bits per heavy atom. The lowest BCUT2D eigenvalue weighted by molar-refractivity contribution is -0.113. The lowest BCUT2D eigenvalue weighted by Crippen LogP contribution is -2.35. The third-order valence-corrected chi connectivity index (χ3v) is 8.99. The predicted octanol–water partition coefficient (Wildman–Crippen LogP) is 5.30. The second-order valence-corrected chi connectivity index (χ2v) is 11.9. The second-order valence-electron chi connectivity index (χ2n) is 9.53. The number of Topliss-reactive ketones (excluding diaryl/α,β-unsaturated/α-hetero) is 1. The number of para-hydroxylation sites is 1. The largest absolute Gasteiger partial charge is 0.331 e. The molecule has 198 valence electrons. The van der Waals surface area contributed by atoms with Crippen molar-refractivity contribution in [3.05, 3.63) is 94.3 Å². The van der Waals surface area contributed by atoms with E-state index < -0.39 is 38.6 Å². The number of halogens is 3. The number of ketones is 1. The number of hydrogen-bond donors (Lipinski definition) is 1. The SMILES string of the molecule is O=C1CC=CC=C1c1c(C(=O)NS(=O)(=O)C2CC2)n(Cc2cc3ccccc3nc2Cl)c2cc(F)cc(F)c12. The number of benzene rings is 2. The van der Waals surface area contributed by atoms with Crippen molar-refractivity contribution < 1.29 is 26.8 Å². The van der Waals surface area contributed by atoms with E-state index in [-0.39, 0.29) is 45.9 Å². The average molecular weight is 568 g/mol. The van der Waals surface area contributed by atoms with E-state index in [9.17, 15) is 22.4 Å². The van der Waals surface area contributed by atoms with Crippen LogP contribution in [-0.4, -0.2) is 34.9 Å². The maximum absolute atomic E-state index is 15.5. The van der Waals surface area contributed by atoms with Gasteiger partial charge in [-0.3, -0.25) is 9.59 Å². The molecule has 1 amide bonds. The van der Waals surface area contributed by atoms with Gasteiger partial charge in [-0.1, -0.05) is 48.0 Å². The summed E-state index contributed by atoms with van der Waals surface area (Å²) in [5, 5.41) is -0.0509. The quantitative estimate of drug-likeness (QED) is 0.319. The van der Waals surface area contributed by atoms with Crippen LogP contribution in [0.3, 0.4) is 0 Å². The molecule has 0 atom stereocenters. The molecule has 0 bridgehead atoms. The number of amides is 1. The topological polar surface area (TPSA) is 98.1 Å². The van der Waals surface area contributed by atoms with Gasteiger partial charge in [-0.25, -0.2) is 26.9 Å². The van der Waals surface area contributed by atoms with Crippen LogP contribution in [0.25, 0.3) is 27.4 Å². The van der Waals surface area contributed by atoms with E-state index in [1.165, 1.54) is 10.6 Å². The maximum atomic E-state index is 15.5. The van der Waals surface area contributed by atoms with Crippen LogP contribution < -0.4 is 4.72 Å². The predicted molar refractivity (Wildman–Crippen MR) is 144 cm³/mol. The van der Waals surface area contributed by atoms with Crippen molar-refractivity contribution in [1.82, 2.24) is 14.3 Å². The van der Waals surface area contributed by atoms with E-state index >= 15 is 4.39 Å². The average Bonchev–Trinajstić information content (AvgIpc) is 3.69. The number of carbonyl (C=O) groups excluding carboxylic acids is 2. The monoisotopic (exact) mass is 567 g/mol. The first-order valence-electron chi connectivity index (χ1n) is 12.2. The van der Waals surface area contributed by atoms with Gasteiger partial charge in [-0.05, 0) is 31.0 Å². The molecular formula is C28H20ClF2N3O4S. The summed E-state index contributed by atoms with van der Waals surface area (Å²) in [6.45, 7) is -0.181. The number of pyridine rings is 1. The standard InChI is InChI=1S/C28H20ClF2N3O4S/c29-27-16(11-15-5-1-3-7-21(15)32-27)14-34-22-13-17(30)12-20(31)25(22)24(19-6-2-4-8-23(19)35)26(34)28(36)33-39(37,38)18-9-10-18/h1-7,11-13,18H,8-10,14H2,(H,33,36). The highest BCUT2D eigenvalue weighted by Gasteiger charge is 2.39. The Kier molecular flexibility index (Phi) is 6.11. The summed E-state index contributed by atoms with van der Waals surface area (Å²) >= 11 is 6.49. The molecule has 2 aromatic carbocycles. The smallest absolute Gasteiger partial charge is 0.282 e. The Morgan fingerprint density at radius 3 is 2.67 bits per heavy atom. The van der Waals surface area contributed by atoms with Gasteiger partial charge in [0.1, 0.15) is 22.5 Å². The van der Waals surface area contributed by atoms with Crippen molar-refractivity contribution in [2.75, 3.05) is 0 Å². The molecule has 1 N–H and O–H groups in total. The van der Waals surface area contributed by atoms with Crippen molar-refractivity contribution in [1.29, 1.82) is 0 Å². The molecule has 1 fully saturated rings. The zero-order chi connectivity index (χ0) is 27.5. The third kappa shape index (κ3) is 4.53. The molecule has 2 aliphatic carbocycles. The van der Waals surface area contributed by atoms with E-state index in [2.05, 4.69) is 9.71 Å². The van der Waals surface area contributed by atoms with Crippen LogP contribution >= 0.6 is 11.6 Å². The number of carbonyl (C=O) groups is 2. The van der Waals surface area contributed by atoms with Gasteiger partial charge in [0.2, 0.25) is 10.0 Å². The second kappa shape index (κ2) is 9.39.